The Morgan fingerprint density at radius 2 is 1.90 bits per heavy atom. The maximum atomic E-state index is 13.4. The lowest BCUT2D eigenvalue weighted by atomic mass is 10.00. The van der Waals surface area contributed by atoms with Crippen molar-refractivity contribution < 1.29 is 14.3 Å². The van der Waals surface area contributed by atoms with Crippen molar-refractivity contribution in [1.82, 2.24) is 9.80 Å². The van der Waals surface area contributed by atoms with Crippen LogP contribution in [0.5, 0.6) is 5.75 Å². The highest BCUT2D eigenvalue weighted by Crippen LogP contribution is 2.34. The molecule has 168 valence electrons. The molecule has 2 atom stereocenters. The van der Waals surface area contributed by atoms with Crippen LogP contribution in [-0.2, 0) is 16.0 Å². The van der Waals surface area contributed by atoms with E-state index >= 15 is 0 Å². The summed E-state index contributed by atoms with van der Waals surface area (Å²) in [7, 11) is 0. The van der Waals surface area contributed by atoms with Gasteiger partial charge in [0.05, 0.1) is 6.04 Å². The van der Waals surface area contributed by atoms with Gasteiger partial charge in [-0.2, -0.15) is 0 Å². The number of hydrogen-bond acceptors (Lipinski definition) is 4. The minimum atomic E-state index is -0.142. The van der Waals surface area contributed by atoms with Crippen LogP contribution in [0.2, 0.25) is 0 Å². The molecule has 0 bridgehead atoms. The van der Waals surface area contributed by atoms with Crippen LogP contribution in [0.1, 0.15) is 56.2 Å². The number of rotatable bonds is 8. The predicted octanol–water partition coefficient (Wildman–Crippen LogP) is 4.84. The molecule has 1 aliphatic rings. The van der Waals surface area contributed by atoms with E-state index in [2.05, 4.69) is 11.4 Å². The smallest absolute Gasteiger partial charge is 0.242 e. The zero-order valence-electron chi connectivity index (χ0n) is 19.3. The summed E-state index contributed by atoms with van der Waals surface area (Å²) in [4.78, 5) is 31.2. The highest BCUT2D eigenvalue weighted by atomic mass is 32.1. The van der Waals surface area contributed by atoms with Crippen LogP contribution < -0.4 is 4.74 Å². The maximum Gasteiger partial charge on any atom is 0.242 e. The van der Waals surface area contributed by atoms with Crippen LogP contribution in [0.15, 0.2) is 35.7 Å². The number of amides is 2. The first-order valence-electron chi connectivity index (χ1n) is 11.2. The second-order valence-electron chi connectivity index (χ2n) is 8.65. The summed E-state index contributed by atoms with van der Waals surface area (Å²) in [5.74, 6) is 0.691. The number of thiophene rings is 1. The number of carbonyl (C=O) groups excluding carboxylic acids is 2. The largest absolute Gasteiger partial charge is 0.491 e. The zero-order valence-corrected chi connectivity index (χ0v) is 20.1. The van der Waals surface area contributed by atoms with E-state index in [4.69, 9.17) is 4.74 Å². The second-order valence-corrected chi connectivity index (χ2v) is 9.65. The molecule has 1 aliphatic heterocycles. The molecule has 0 fully saturated rings. The third-order valence-electron chi connectivity index (χ3n) is 6.05. The highest BCUT2D eigenvalue weighted by molar-refractivity contribution is 7.10. The summed E-state index contributed by atoms with van der Waals surface area (Å²) in [6.07, 6.45) is 1.67. The van der Waals surface area contributed by atoms with Crippen molar-refractivity contribution >= 4 is 23.2 Å². The van der Waals surface area contributed by atoms with Gasteiger partial charge in [0.1, 0.15) is 18.9 Å². The van der Waals surface area contributed by atoms with Crippen molar-refractivity contribution in [2.45, 2.75) is 59.5 Å². The molecule has 0 N–H and O–H groups in total. The fraction of sp³-hybridized carbons (Fsp3) is 0.520. The number of aryl methyl sites for hydroxylation is 1. The van der Waals surface area contributed by atoms with E-state index in [9.17, 15) is 9.59 Å². The Morgan fingerprint density at radius 3 is 2.55 bits per heavy atom. The molecule has 2 amide bonds. The number of nitrogens with zero attached hydrogens (tertiary/aromatic N) is 2. The van der Waals surface area contributed by atoms with Crippen molar-refractivity contribution in [2.75, 3.05) is 19.7 Å². The van der Waals surface area contributed by atoms with Gasteiger partial charge in [-0.1, -0.05) is 38.5 Å². The van der Waals surface area contributed by atoms with Gasteiger partial charge in [0.2, 0.25) is 11.8 Å². The van der Waals surface area contributed by atoms with Gasteiger partial charge in [-0.25, -0.2) is 0 Å². The van der Waals surface area contributed by atoms with Gasteiger partial charge in [0.25, 0.3) is 0 Å². The van der Waals surface area contributed by atoms with Crippen LogP contribution in [0, 0.1) is 12.8 Å². The minimum absolute atomic E-state index is 0.0105. The summed E-state index contributed by atoms with van der Waals surface area (Å²) in [6.45, 7) is 11.1. The Labute approximate surface area is 190 Å². The summed E-state index contributed by atoms with van der Waals surface area (Å²) in [5.41, 5.74) is 2.35. The zero-order chi connectivity index (χ0) is 22.5. The van der Waals surface area contributed by atoms with Gasteiger partial charge in [0, 0.05) is 23.4 Å². The summed E-state index contributed by atoms with van der Waals surface area (Å²) in [6, 6.07) is 9.97. The van der Waals surface area contributed by atoms with Crippen molar-refractivity contribution in [3.63, 3.8) is 0 Å². The highest BCUT2D eigenvalue weighted by Gasteiger charge is 2.34. The van der Waals surface area contributed by atoms with Gasteiger partial charge in [0.15, 0.2) is 0 Å². The van der Waals surface area contributed by atoms with Crippen LogP contribution in [0.3, 0.4) is 0 Å². The van der Waals surface area contributed by atoms with Crippen LogP contribution in [0.25, 0.3) is 0 Å². The molecule has 1 aromatic carbocycles. The molecule has 6 heteroatoms. The molecule has 3 rings (SSSR count). The number of hydrogen-bond donors (Lipinski definition) is 0. The lowest BCUT2D eigenvalue weighted by Crippen LogP contribution is -2.50. The molecule has 31 heavy (non-hydrogen) atoms. The minimum Gasteiger partial charge on any atom is -0.491 e. The second kappa shape index (κ2) is 10.3. The molecule has 5 nitrogen and oxygen atoms in total. The van der Waals surface area contributed by atoms with Crippen LogP contribution >= 0.6 is 11.3 Å². The molecule has 0 aliphatic carbocycles. The predicted molar refractivity (Wildman–Crippen MR) is 125 cm³/mol. The van der Waals surface area contributed by atoms with E-state index in [1.54, 1.807) is 16.2 Å². The van der Waals surface area contributed by atoms with Gasteiger partial charge < -0.3 is 14.5 Å². The first kappa shape index (κ1) is 23.3. The lowest BCUT2D eigenvalue weighted by molar-refractivity contribution is -0.146. The number of benzene rings is 1. The van der Waals surface area contributed by atoms with E-state index in [1.807, 2.05) is 63.8 Å². The normalized spacial score (nSPS) is 16.7. The van der Waals surface area contributed by atoms with E-state index in [1.165, 1.54) is 16.0 Å². The SMILES string of the molecule is CC[C@@H](C)N(CC(=O)N1CCc2sccc2[C@@H]1COc1ccc(C)cc1)C(=O)C(C)C. The van der Waals surface area contributed by atoms with Crippen molar-refractivity contribution in [3.05, 3.63) is 51.7 Å². The van der Waals surface area contributed by atoms with E-state index in [-0.39, 0.29) is 36.4 Å². The van der Waals surface area contributed by atoms with Crippen LogP contribution in [-0.4, -0.2) is 47.4 Å². The number of fused-ring (bicyclic) bond motifs is 1. The summed E-state index contributed by atoms with van der Waals surface area (Å²) < 4.78 is 6.10. The lowest BCUT2D eigenvalue weighted by Gasteiger charge is -2.38. The molecule has 2 aromatic rings. The molecule has 0 radical (unpaired) electrons. The molecule has 1 aromatic heterocycles. The first-order chi connectivity index (χ1) is 14.8. The van der Waals surface area contributed by atoms with Gasteiger partial charge in [-0.3, -0.25) is 9.59 Å². The average Bonchev–Trinajstić information content (AvgIpc) is 3.24. The molecule has 0 saturated heterocycles. The third kappa shape index (κ3) is 5.48. The molecule has 0 spiro atoms. The third-order valence-corrected chi connectivity index (χ3v) is 7.05. The monoisotopic (exact) mass is 442 g/mol. The molecule has 0 unspecified atom stereocenters. The Kier molecular flexibility index (Phi) is 7.76. The van der Waals surface area contributed by atoms with Crippen molar-refractivity contribution in [2.24, 2.45) is 5.92 Å². The number of ether oxygens (including phenoxy) is 1. The Morgan fingerprint density at radius 1 is 1.19 bits per heavy atom. The van der Waals surface area contributed by atoms with Gasteiger partial charge in [-0.15, -0.1) is 11.3 Å². The maximum absolute atomic E-state index is 13.4. The van der Waals surface area contributed by atoms with Crippen molar-refractivity contribution in [1.29, 1.82) is 0 Å². The fourth-order valence-corrected chi connectivity index (χ4v) is 4.85. The van der Waals surface area contributed by atoms with E-state index in [0.29, 0.717) is 13.2 Å². The van der Waals surface area contributed by atoms with Crippen LogP contribution in [0.4, 0.5) is 0 Å². The molecule has 2 heterocycles. The molecular formula is C25H34N2O3S. The molecular weight excluding hydrogens is 408 g/mol. The van der Waals surface area contributed by atoms with Gasteiger partial charge >= 0.3 is 0 Å². The quantitative estimate of drug-likeness (QED) is 0.588. The number of carbonyl (C=O) groups is 2. The Hall–Kier alpha value is -2.34. The van der Waals surface area contributed by atoms with E-state index < -0.39 is 0 Å². The summed E-state index contributed by atoms with van der Waals surface area (Å²) in [5, 5.41) is 2.09. The standard InChI is InChI=1S/C25H34N2O3S/c1-6-19(5)27(25(29)17(2)3)15-24(28)26-13-11-23-21(12-14-31-23)22(26)16-30-20-9-7-18(4)8-10-20/h7-10,12,14,17,19,22H,6,11,13,15-16H2,1-5H3/t19-,22+/m1/s1. The Balaban J connectivity index is 1.79. The fourth-order valence-electron chi connectivity index (χ4n) is 3.92. The van der Waals surface area contributed by atoms with Crippen molar-refractivity contribution in [3.8, 4) is 5.75 Å². The topological polar surface area (TPSA) is 49.9 Å². The molecule has 0 saturated carbocycles. The first-order valence-corrected chi connectivity index (χ1v) is 12.1. The van der Waals surface area contributed by atoms with Gasteiger partial charge in [-0.05, 0) is 55.8 Å². The average molecular weight is 443 g/mol. The van der Waals surface area contributed by atoms with E-state index in [0.717, 1.165) is 18.6 Å². The Bertz CT molecular complexity index is 890. The summed E-state index contributed by atoms with van der Waals surface area (Å²) >= 11 is 1.74.